The van der Waals surface area contributed by atoms with Crippen molar-refractivity contribution in [2.24, 2.45) is 0 Å². The van der Waals surface area contributed by atoms with E-state index in [9.17, 15) is 9.59 Å². The molecule has 0 spiro atoms. The first kappa shape index (κ1) is 17.2. The zero-order valence-corrected chi connectivity index (χ0v) is 13.0. The molecule has 0 saturated heterocycles. The molecule has 1 amide bonds. The molecule has 5 nitrogen and oxygen atoms in total. The third kappa shape index (κ3) is 5.95. The van der Waals surface area contributed by atoms with Crippen LogP contribution >= 0.6 is 0 Å². The summed E-state index contributed by atoms with van der Waals surface area (Å²) in [4.78, 5) is 24.9. The molecule has 1 N–H and O–H groups in total. The predicted molar refractivity (Wildman–Crippen MR) is 81.7 cm³/mol. The number of carbonyl (C=O) groups is 2. The lowest BCUT2D eigenvalue weighted by Gasteiger charge is -2.25. The minimum absolute atomic E-state index is 0.00443. The lowest BCUT2D eigenvalue weighted by atomic mass is 10.1. The largest absolute Gasteiger partial charge is 0.466 e. The van der Waals surface area contributed by atoms with E-state index in [-0.39, 0.29) is 30.9 Å². The number of carbonyl (C=O) groups excluding carboxylic acids is 2. The molecule has 1 atom stereocenters. The summed E-state index contributed by atoms with van der Waals surface area (Å²) in [6.45, 7) is 4.81. The van der Waals surface area contributed by atoms with E-state index in [4.69, 9.17) is 4.74 Å². The molecule has 0 aliphatic carbocycles. The Kier molecular flexibility index (Phi) is 7.46. The monoisotopic (exact) mass is 292 g/mol. The van der Waals surface area contributed by atoms with Gasteiger partial charge in [0.05, 0.1) is 25.6 Å². The summed E-state index contributed by atoms with van der Waals surface area (Å²) in [5.74, 6) is -0.251. The molecule has 1 aromatic carbocycles. The normalized spacial score (nSPS) is 11.8. The van der Waals surface area contributed by atoms with Crippen molar-refractivity contribution < 1.29 is 14.3 Å². The molecular formula is C16H24N2O3. The summed E-state index contributed by atoms with van der Waals surface area (Å²) < 4.78 is 4.82. The maximum absolute atomic E-state index is 12.1. The third-order valence-electron chi connectivity index (χ3n) is 3.34. The van der Waals surface area contributed by atoms with Gasteiger partial charge in [0.15, 0.2) is 0 Å². The number of esters is 1. The maximum atomic E-state index is 12.1. The van der Waals surface area contributed by atoms with Crippen LogP contribution in [0.5, 0.6) is 0 Å². The topological polar surface area (TPSA) is 58.6 Å². The highest BCUT2D eigenvalue weighted by Gasteiger charge is 2.16. The number of nitrogens with zero attached hydrogens (tertiary/aromatic N) is 1. The van der Waals surface area contributed by atoms with E-state index >= 15 is 0 Å². The summed E-state index contributed by atoms with van der Waals surface area (Å²) in [6, 6.07) is 9.90. The van der Waals surface area contributed by atoms with Crippen molar-refractivity contribution in [3.05, 3.63) is 35.9 Å². The molecule has 0 radical (unpaired) electrons. The summed E-state index contributed by atoms with van der Waals surface area (Å²) in [5, 5.41) is 2.97. The van der Waals surface area contributed by atoms with Crippen LogP contribution in [0.1, 0.15) is 31.9 Å². The van der Waals surface area contributed by atoms with Crippen LogP contribution in [0.4, 0.5) is 0 Å². The highest BCUT2D eigenvalue weighted by molar-refractivity contribution is 5.78. The Morgan fingerprint density at radius 2 is 1.95 bits per heavy atom. The van der Waals surface area contributed by atoms with E-state index in [2.05, 4.69) is 5.32 Å². The van der Waals surface area contributed by atoms with E-state index < -0.39 is 0 Å². The number of amides is 1. The lowest BCUT2D eigenvalue weighted by molar-refractivity contribution is -0.143. The molecule has 0 saturated carbocycles. The van der Waals surface area contributed by atoms with E-state index in [1.54, 1.807) is 18.9 Å². The SMILES string of the molecule is CCOC(=O)CCNCC(=O)N(C)C(C)c1ccccc1. The summed E-state index contributed by atoms with van der Waals surface area (Å²) in [7, 11) is 1.78. The van der Waals surface area contributed by atoms with Gasteiger partial charge in [-0.2, -0.15) is 0 Å². The second-order valence-corrected chi connectivity index (χ2v) is 4.82. The number of benzene rings is 1. The zero-order valence-electron chi connectivity index (χ0n) is 13.0. The van der Waals surface area contributed by atoms with Crippen LogP contribution in [-0.2, 0) is 14.3 Å². The fraction of sp³-hybridized carbons (Fsp3) is 0.500. The average molecular weight is 292 g/mol. The van der Waals surface area contributed by atoms with Crippen molar-refractivity contribution in [2.45, 2.75) is 26.3 Å². The minimum Gasteiger partial charge on any atom is -0.466 e. The van der Waals surface area contributed by atoms with Crippen molar-refractivity contribution in [3.63, 3.8) is 0 Å². The Morgan fingerprint density at radius 3 is 2.57 bits per heavy atom. The van der Waals surface area contributed by atoms with Crippen LogP contribution in [-0.4, -0.2) is 43.5 Å². The van der Waals surface area contributed by atoms with E-state index in [0.717, 1.165) is 5.56 Å². The number of hydrogen-bond acceptors (Lipinski definition) is 4. The number of nitrogens with one attached hydrogen (secondary N) is 1. The second-order valence-electron chi connectivity index (χ2n) is 4.82. The van der Waals surface area contributed by atoms with Crippen molar-refractivity contribution in [1.29, 1.82) is 0 Å². The van der Waals surface area contributed by atoms with Crippen LogP contribution in [0.2, 0.25) is 0 Å². The van der Waals surface area contributed by atoms with Gasteiger partial charge in [-0.1, -0.05) is 30.3 Å². The molecular weight excluding hydrogens is 268 g/mol. The van der Waals surface area contributed by atoms with Gasteiger partial charge in [0, 0.05) is 13.6 Å². The molecule has 5 heteroatoms. The Labute approximate surface area is 126 Å². The van der Waals surface area contributed by atoms with Crippen molar-refractivity contribution in [1.82, 2.24) is 10.2 Å². The molecule has 21 heavy (non-hydrogen) atoms. The minimum atomic E-state index is -0.247. The van der Waals surface area contributed by atoms with E-state index in [0.29, 0.717) is 13.2 Å². The first-order valence-corrected chi connectivity index (χ1v) is 7.23. The van der Waals surface area contributed by atoms with Gasteiger partial charge in [-0.3, -0.25) is 9.59 Å². The molecule has 0 bridgehead atoms. The highest BCUT2D eigenvalue weighted by atomic mass is 16.5. The van der Waals surface area contributed by atoms with Crippen molar-refractivity contribution in [3.8, 4) is 0 Å². The van der Waals surface area contributed by atoms with Crippen LogP contribution < -0.4 is 5.32 Å². The lowest BCUT2D eigenvalue weighted by Crippen LogP contribution is -2.37. The van der Waals surface area contributed by atoms with Crippen LogP contribution in [0.15, 0.2) is 30.3 Å². The van der Waals surface area contributed by atoms with E-state index in [1.165, 1.54) is 0 Å². The first-order chi connectivity index (χ1) is 10.1. The fourth-order valence-electron chi connectivity index (χ4n) is 1.91. The Balaban J connectivity index is 2.33. The fourth-order valence-corrected chi connectivity index (χ4v) is 1.91. The third-order valence-corrected chi connectivity index (χ3v) is 3.34. The molecule has 0 aliphatic rings. The molecule has 0 aliphatic heterocycles. The first-order valence-electron chi connectivity index (χ1n) is 7.23. The Bertz CT molecular complexity index is 448. The molecule has 0 heterocycles. The quantitative estimate of drug-likeness (QED) is 0.586. The van der Waals surface area contributed by atoms with Gasteiger partial charge in [-0.05, 0) is 19.4 Å². The number of likely N-dealkylation sites (N-methyl/N-ethyl adjacent to an activating group) is 1. The van der Waals surface area contributed by atoms with Gasteiger partial charge >= 0.3 is 5.97 Å². The zero-order chi connectivity index (χ0) is 15.7. The van der Waals surface area contributed by atoms with E-state index in [1.807, 2.05) is 37.3 Å². The summed E-state index contributed by atoms with van der Waals surface area (Å²) >= 11 is 0. The molecule has 0 aromatic heterocycles. The van der Waals surface area contributed by atoms with Crippen LogP contribution in [0, 0.1) is 0 Å². The van der Waals surface area contributed by atoms with Crippen LogP contribution in [0.25, 0.3) is 0 Å². The molecule has 1 aromatic rings. The maximum Gasteiger partial charge on any atom is 0.307 e. The van der Waals surface area contributed by atoms with Gasteiger partial charge < -0.3 is 15.0 Å². The molecule has 1 unspecified atom stereocenters. The van der Waals surface area contributed by atoms with Crippen molar-refractivity contribution in [2.75, 3.05) is 26.7 Å². The number of rotatable bonds is 8. The summed E-state index contributed by atoms with van der Waals surface area (Å²) in [6.07, 6.45) is 0.277. The Morgan fingerprint density at radius 1 is 1.29 bits per heavy atom. The van der Waals surface area contributed by atoms with Crippen molar-refractivity contribution >= 4 is 11.9 Å². The van der Waals surface area contributed by atoms with Gasteiger partial charge in [-0.15, -0.1) is 0 Å². The smallest absolute Gasteiger partial charge is 0.307 e. The van der Waals surface area contributed by atoms with Gasteiger partial charge in [-0.25, -0.2) is 0 Å². The molecule has 116 valence electrons. The van der Waals surface area contributed by atoms with Crippen LogP contribution in [0.3, 0.4) is 0 Å². The molecule has 0 fully saturated rings. The molecule has 1 rings (SSSR count). The second kappa shape index (κ2) is 9.13. The summed E-state index contributed by atoms with van der Waals surface area (Å²) in [5.41, 5.74) is 1.10. The predicted octanol–water partition coefficient (Wildman–Crippen LogP) is 1.75. The number of ether oxygens (including phenoxy) is 1. The standard InChI is InChI=1S/C16H24N2O3/c1-4-21-16(20)10-11-17-12-15(19)18(3)13(2)14-8-6-5-7-9-14/h5-9,13,17H,4,10-12H2,1-3H3. The average Bonchev–Trinajstić information content (AvgIpc) is 2.51. The van der Waals surface area contributed by atoms with Gasteiger partial charge in [0.1, 0.15) is 0 Å². The Hall–Kier alpha value is -1.88. The van der Waals surface area contributed by atoms with Gasteiger partial charge in [0.2, 0.25) is 5.91 Å². The van der Waals surface area contributed by atoms with Gasteiger partial charge in [0.25, 0.3) is 0 Å². The number of hydrogen-bond donors (Lipinski definition) is 1. The highest BCUT2D eigenvalue weighted by Crippen LogP contribution is 2.17.